The molecule has 0 unspecified atom stereocenters. The van der Waals surface area contributed by atoms with Gasteiger partial charge in [-0.3, -0.25) is 19.8 Å². The number of aryl methyl sites for hydroxylation is 2. The van der Waals surface area contributed by atoms with E-state index in [1.54, 1.807) is 19.1 Å². The molecule has 0 aromatic heterocycles. The van der Waals surface area contributed by atoms with Crippen LogP contribution in [-0.4, -0.2) is 35.6 Å². The number of aliphatic carboxylic acids is 1. The second-order valence-electron chi connectivity index (χ2n) is 7.52. The van der Waals surface area contributed by atoms with Crippen molar-refractivity contribution in [2.24, 2.45) is 0 Å². The van der Waals surface area contributed by atoms with E-state index >= 15 is 0 Å². The van der Waals surface area contributed by atoms with Crippen LogP contribution in [0.15, 0.2) is 42.0 Å². The van der Waals surface area contributed by atoms with E-state index in [4.69, 9.17) is 21.7 Å². The highest BCUT2D eigenvalue weighted by atomic mass is 32.1. The lowest BCUT2D eigenvalue weighted by Crippen LogP contribution is -2.54. The summed E-state index contributed by atoms with van der Waals surface area (Å²) in [5, 5.41) is 13.6. The Morgan fingerprint density at radius 3 is 2.42 bits per heavy atom. The molecule has 2 aromatic carbocycles. The van der Waals surface area contributed by atoms with E-state index in [0.717, 1.165) is 11.1 Å². The summed E-state index contributed by atoms with van der Waals surface area (Å²) in [7, 11) is 0. The minimum Gasteiger partial charge on any atom is -0.546 e. The van der Waals surface area contributed by atoms with Crippen molar-refractivity contribution in [2.45, 2.75) is 33.8 Å². The largest absolute Gasteiger partial charge is 0.546 e. The fourth-order valence-corrected chi connectivity index (χ4v) is 3.64. The number of amides is 2. The van der Waals surface area contributed by atoms with Gasteiger partial charge in [-0.25, -0.2) is 0 Å². The summed E-state index contributed by atoms with van der Waals surface area (Å²) < 4.78 is 10.9. The quantitative estimate of drug-likeness (QED) is 0.377. The Morgan fingerprint density at radius 1 is 1.15 bits per heavy atom. The molecule has 0 aliphatic carbocycles. The highest BCUT2D eigenvalue weighted by Gasteiger charge is 2.34. The summed E-state index contributed by atoms with van der Waals surface area (Å²) in [6.07, 6.45) is 0.232. The number of thiocarbonyl (C=S) groups is 1. The number of nitrogens with one attached hydrogen (secondary N) is 1. The fraction of sp³-hybridized carbons (Fsp3) is 0.250. The number of carboxylic acid groups (broad SMARTS) is 1. The molecule has 1 heterocycles. The maximum atomic E-state index is 13.3. The topological polar surface area (TPSA) is 108 Å². The van der Waals surface area contributed by atoms with Crippen molar-refractivity contribution >= 4 is 46.9 Å². The van der Waals surface area contributed by atoms with Crippen molar-refractivity contribution in [1.82, 2.24) is 5.32 Å². The number of anilines is 1. The van der Waals surface area contributed by atoms with Gasteiger partial charge < -0.3 is 19.4 Å². The summed E-state index contributed by atoms with van der Waals surface area (Å²) in [5.41, 5.74) is 2.83. The smallest absolute Gasteiger partial charge is 0.270 e. The Labute approximate surface area is 196 Å². The number of carbonyl (C=O) groups excluding carboxylic acids is 3. The van der Waals surface area contributed by atoms with Gasteiger partial charge >= 0.3 is 0 Å². The zero-order chi connectivity index (χ0) is 24.3. The average Bonchev–Trinajstić information content (AvgIpc) is 2.72. The summed E-state index contributed by atoms with van der Waals surface area (Å²) >= 11 is 5.26. The van der Waals surface area contributed by atoms with Gasteiger partial charge in [0.1, 0.15) is 11.7 Å². The minimum atomic E-state index is -1.37. The number of carboxylic acids is 1. The van der Waals surface area contributed by atoms with Crippen LogP contribution in [0.25, 0.3) is 6.08 Å². The Kier molecular flexibility index (Phi) is 7.13. The second kappa shape index (κ2) is 9.83. The van der Waals surface area contributed by atoms with Crippen LogP contribution in [-0.2, 0) is 14.4 Å². The number of hydrogen-bond donors (Lipinski definition) is 1. The molecular weight excluding hydrogens is 444 g/mol. The first-order valence-corrected chi connectivity index (χ1v) is 10.7. The lowest BCUT2D eigenvalue weighted by Gasteiger charge is -2.29. The molecule has 0 radical (unpaired) electrons. The van der Waals surface area contributed by atoms with Crippen LogP contribution in [0.5, 0.6) is 11.5 Å². The molecule has 2 aromatic rings. The molecular formula is C24H23N2O6S-. The molecule has 1 aliphatic heterocycles. The van der Waals surface area contributed by atoms with Crippen molar-refractivity contribution in [3.63, 3.8) is 0 Å². The Hall–Kier alpha value is -3.72. The van der Waals surface area contributed by atoms with Crippen LogP contribution < -0.4 is 24.8 Å². The van der Waals surface area contributed by atoms with E-state index in [0.29, 0.717) is 17.9 Å². The van der Waals surface area contributed by atoms with E-state index in [1.165, 1.54) is 24.0 Å². The van der Waals surface area contributed by atoms with E-state index in [9.17, 15) is 19.5 Å². The number of nitrogens with zero attached hydrogens (tertiary/aromatic N) is 1. The van der Waals surface area contributed by atoms with Gasteiger partial charge in [-0.1, -0.05) is 12.1 Å². The van der Waals surface area contributed by atoms with E-state index < -0.39 is 23.9 Å². The highest BCUT2D eigenvalue weighted by Crippen LogP contribution is 2.31. The molecule has 0 saturated carbocycles. The van der Waals surface area contributed by atoms with Gasteiger partial charge in [0.25, 0.3) is 11.8 Å². The molecule has 1 fully saturated rings. The standard InChI is InChI=1S/C24H24N2O6S/c1-5-31-20-12-16(6-7-19(20)32-15(4)23(29)30)11-18-21(27)25-24(33)26(22(18)28)17-9-13(2)8-14(3)10-17/h6-12,15H,5H2,1-4H3,(H,29,30)(H,25,27,33)/p-1/b18-11+/t15-/m0/s1. The molecule has 1 atom stereocenters. The molecule has 1 aliphatic rings. The van der Waals surface area contributed by atoms with Gasteiger partial charge in [-0.2, -0.15) is 0 Å². The van der Waals surface area contributed by atoms with Crippen molar-refractivity contribution < 1.29 is 29.0 Å². The van der Waals surface area contributed by atoms with Crippen molar-refractivity contribution in [3.05, 3.63) is 58.7 Å². The Bertz CT molecular complexity index is 1150. The number of benzene rings is 2. The van der Waals surface area contributed by atoms with Crippen molar-refractivity contribution in [1.29, 1.82) is 0 Å². The zero-order valence-electron chi connectivity index (χ0n) is 18.6. The first-order chi connectivity index (χ1) is 15.6. The van der Waals surface area contributed by atoms with Gasteiger partial charge in [0.05, 0.1) is 18.3 Å². The molecule has 2 amide bonds. The molecule has 1 saturated heterocycles. The van der Waals surface area contributed by atoms with E-state index in [2.05, 4.69) is 5.32 Å². The Morgan fingerprint density at radius 2 is 1.82 bits per heavy atom. The third-order valence-corrected chi connectivity index (χ3v) is 5.07. The van der Waals surface area contributed by atoms with Gasteiger partial charge in [0, 0.05) is 0 Å². The third kappa shape index (κ3) is 5.38. The zero-order valence-corrected chi connectivity index (χ0v) is 19.4. The van der Waals surface area contributed by atoms with Gasteiger partial charge in [0.15, 0.2) is 16.6 Å². The van der Waals surface area contributed by atoms with Gasteiger partial charge in [-0.15, -0.1) is 0 Å². The summed E-state index contributed by atoms with van der Waals surface area (Å²) in [6.45, 7) is 7.21. The number of ether oxygens (including phenoxy) is 2. The minimum absolute atomic E-state index is 0.00201. The predicted octanol–water partition coefficient (Wildman–Crippen LogP) is 2.05. The monoisotopic (exact) mass is 467 g/mol. The fourth-order valence-electron chi connectivity index (χ4n) is 3.36. The summed E-state index contributed by atoms with van der Waals surface area (Å²) in [5.74, 6) is -2.07. The molecule has 8 nitrogen and oxygen atoms in total. The highest BCUT2D eigenvalue weighted by molar-refractivity contribution is 7.80. The molecule has 0 spiro atoms. The van der Waals surface area contributed by atoms with Crippen LogP contribution in [0.4, 0.5) is 5.69 Å². The average molecular weight is 468 g/mol. The first kappa shape index (κ1) is 23.9. The van der Waals surface area contributed by atoms with Gasteiger partial charge in [0.2, 0.25) is 0 Å². The van der Waals surface area contributed by atoms with E-state index in [1.807, 2.05) is 32.0 Å². The molecule has 9 heteroatoms. The van der Waals surface area contributed by atoms with Gasteiger partial charge in [-0.05, 0) is 86.9 Å². The third-order valence-electron chi connectivity index (χ3n) is 4.78. The maximum absolute atomic E-state index is 13.3. The maximum Gasteiger partial charge on any atom is 0.270 e. The Balaban J connectivity index is 1.99. The van der Waals surface area contributed by atoms with Crippen LogP contribution in [0.2, 0.25) is 0 Å². The molecule has 0 bridgehead atoms. The van der Waals surface area contributed by atoms with Crippen molar-refractivity contribution in [2.75, 3.05) is 11.5 Å². The summed E-state index contributed by atoms with van der Waals surface area (Å²) in [4.78, 5) is 38.1. The van der Waals surface area contributed by atoms with Crippen LogP contribution in [0.1, 0.15) is 30.5 Å². The number of carbonyl (C=O) groups is 3. The van der Waals surface area contributed by atoms with Crippen molar-refractivity contribution in [3.8, 4) is 11.5 Å². The normalized spacial score (nSPS) is 15.9. The molecule has 33 heavy (non-hydrogen) atoms. The number of hydrogen-bond acceptors (Lipinski definition) is 7. The second-order valence-corrected chi connectivity index (χ2v) is 7.91. The predicted molar refractivity (Wildman–Crippen MR) is 125 cm³/mol. The number of rotatable bonds is 7. The molecule has 3 rings (SSSR count). The van der Waals surface area contributed by atoms with Crippen LogP contribution >= 0.6 is 12.2 Å². The van der Waals surface area contributed by atoms with Crippen LogP contribution in [0.3, 0.4) is 0 Å². The molecule has 1 N–H and O–H groups in total. The summed E-state index contributed by atoms with van der Waals surface area (Å²) in [6, 6.07) is 10.2. The SMILES string of the molecule is CCOc1cc(/C=C2\C(=O)NC(=S)N(c3cc(C)cc(C)c3)C2=O)ccc1O[C@@H](C)C(=O)[O-]. The van der Waals surface area contributed by atoms with E-state index in [-0.39, 0.29) is 22.2 Å². The lowest BCUT2D eigenvalue weighted by molar-refractivity contribution is -0.312. The van der Waals surface area contributed by atoms with Crippen LogP contribution in [0, 0.1) is 13.8 Å². The first-order valence-electron chi connectivity index (χ1n) is 10.2. The lowest BCUT2D eigenvalue weighted by atomic mass is 10.1. The molecule has 172 valence electrons.